The second kappa shape index (κ2) is 14.4. The zero-order valence-corrected chi connectivity index (χ0v) is 14.0. The number of hydrogen-bond donors (Lipinski definition) is 6. The van der Waals surface area contributed by atoms with Crippen LogP contribution in [0, 0.1) is 0 Å². The molecule has 0 spiro atoms. The highest BCUT2D eigenvalue weighted by molar-refractivity contribution is 6.57. The van der Waals surface area contributed by atoms with Crippen molar-refractivity contribution in [1.29, 1.82) is 0 Å². The number of rotatable bonds is 1. The lowest BCUT2D eigenvalue weighted by Gasteiger charge is -2.25. The van der Waals surface area contributed by atoms with Crippen LogP contribution >= 0.6 is 0 Å². The van der Waals surface area contributed by atoms with Crippen LogP contribution in [-0.4, -0.2) is 56.4 Å². The van der Waals surface area contributed by atoms with Crippen molar-refractivity contribution in [1.82, 2.24) is 0 Å². The van der Waals surface area contributed by atoms with E-state index >= 15 is 0 Å². The van der Waals surface area contributed by atoms with Gasteiger partial charge in [-0.05, 0) is 12.8 Å². The lowest BCUT2D eigenvalue weighted by Crippen LogP contribution is -2.41. The quantitative estimate of drug-likeness (QED) is 0.371. The van der Waals surface area contributed by atoms with Crippen molar-refractivity contribution >= 4 is 26.7 Å². The molecule has 0 bridgehead atoms. The van der Waals surface area contributed by atoms with Crippen molar-refractivity contribution in [3.63, 3.8) is 0 Å². The van der Waals surface area contributed by atoms with E-state index in [1.807, 2.05) is 0 Å². The first-order valence-corrected chi connectivity index (χ1v) is 8.48. The summed E-state index contributed by atoms with van der Waals surface area (Å²) < 4.78 is 0. The van der Waals surface area contributed by atoms with E-state index in [1.54, 1.807) is 0 Å². The molecule has 1 rings (SSSR count). The monoisotopic (exact) mass is 342 g/mol. The molecule has 0 amide bonds. The third kappa shape index (κ3) is 36.3. The molecule has 22 heavy (non-hydrogen) atoms. The molecule has 0 aromatic heterocycles. The summed E-state index contributed by atoms with van der Waals surface area (Å²) in [5.41, 5.74) is -0.193. The third-order valence-corrected chi connectivity index (χ3v) is 3.83. The number of aliphatic carboxylic acids is 3. The van der Waals surface area contributed by atoms with E-state index in [4.69, 9.17) is 44.1 Å². The van der Waals surface area contributed by atoms with Gasteiger partial charge in [0.1, 0.15) is 0 Å². The fraction of sp³-hybridized carbons (Fsp3) is 0.750. The summed E-state index contributed by atoms with van der Waals surface area (Å²) in [5, 5.41) is 22.2. The predicted molar refractivity (Wildman–Crippen MR) is 79.2 cm³/mol. The summed E-state index contributed by atoms with van der Waals surface area (Å²) in [6.45, 7) is 3.25. The Kier molecular flexibility index (Phi) is 16.7. The molecule has 0 unspecified atom stereocenters. The molecule has 1 saturated carbocycles. The average Bonchev–Trinajstić information content (AvgIpc) is 2.26. The van der Waals surface area contributed by atoms with Crippen molar-refractivity contribution < 1.29 is 44.1 Å². The number of carboxylic acid groups (broad SMARTS) is 3. The number of hydrogen-bond acceptors (Lipinski definition) is 6. The molecule has 132 valence electrons. The van der Waals surface area contributed by atoms with Gasteiger partial charge in [0.25, 0.3) is 17.9 Å². The summed E-state index contributed by atoms with van der Waals surface area (Å²) in [5.74, 6) is -2.50. The number of carboxylic acids is 3. The smallest absolute Gasteiger partial charge is 0.481 e. The van der Waals surface area contributed by atoms with E-state index in [0.717, 1.165) is 46.5 Å². The molecule has 0 aliphatic heterocycles. The van der Waals surface area contributed by atoms with E-state index in [0.29, 0.717) is 0 Å². The summed E-state index contributed by atoms with van der Waals surface area (Å²) in [6, 6.07) is 0. The maximum Gasteiger partial charge on any atom is 0.496 e. The van der Waals surface area contributed by atoms with Gasteiger partial charge in [-0.25, -0.2) is 0 Å². The maximum atomic E-state index is 9.00. The number of carbonyl (C=O) groups is 3. The molecule has 0 saturated heterocycles. The molecule has 0 aromatic carbocycles. The Morgan fingerprint density at radius 1 is 0.727 bits per heavy atom. The lowest BCUT2D eigenvalue weighted by atomic mass is 10.0. The van der Waals surface area contributed by atoms with Gasteiger partial charge in [0.2, 0.25) is 0 Å². The van der Waals surface area contributed by atoms with Gasteiger partial charge in [0.15, 0.2) is 0 Å². The minimum atomic E-state index is -3.76. The zero-order valence-electron chi connectivity index (χ0n) is 13.0. The fourth-order valence-corrected chi connectivity index (χ4v) is 2.67. The highest BCUT2D eigenvalue weighted by atomic mass is 28.4. The first kappa shape index (κ1) is 25.5. The first-order valence-electron chi connectivity index (χ1n) is 6.56. The normalized spacial score (nSPS) is 13.9. The van der Waals surface area contributed by atoms with Crippen LogP contribution < -0.4 is 0 Å². The van der Waals surface area contributed by atoms with Crippen LogP contribution in [0.15, 0.2) is 0 Å². The topological polar surface area (TPSA) is 173 Å². The Bertz CT molecular complexity index is 279. The molecule has 1 aliphatic rings. The third-order valence-electron chi connectivity index (χ3n) is 2.15. The highest BCUT2D eigenvalue weighted by Crippen LogP contribution is 2.32. The predicted octanol–water partition coefficient (Wildman–Crippen LogP) is 0.509. The van der Waals surface area contributed by atoms with Crippen LogP contribution in [0.25, 0.3) is 0 Å². The van der Waals surface area contributed by atoms with E-state index in [1.165, 1.54) is 6.42 Å². The molecular weight excluding hydrogens is 316 g/mol. The van der Waals surface area contributed by atoms with Crippen LogP contribution in [0.3, 0.4) is 0 Å². The molecule has 10 heteroatoms. The largest absolute Gasteiger partial charge is 0.496 e. The van der Waals surface area contributed by atoms with Gasteiger partial charge in [-0.15, -0.1) is 0 Å². The van der Waals surface area contributed by atoms with Crippen molar-refractivity contribution in [2.75, 3.05) is 0 Å². The molecule has 1 fully saturated rings. The van der Waals surface area contributed by atoms with Gasteiger partial charge >= 0.3 is 8.80 Å². The van der Waals surface area contributed by atoms with Gasteiger partial charge in [0.05, 0.1) is 0 Å². The van der Waals surface area contributed by atoms with Crippen molar-refractivity contribution in [2.24, 2.45) is 0 Å². The maximum absolute atomic E-state index is 9.00. The SMILES string of the molecule is CC(=O)O.CC(=O)O.CC(=O)O.O[Si](O)(O)C1CCCCC1. The lowest BCUT2D eigenvalue weighted by molar-refractivity contribution is -0.135. The molecular formula is C12H26O9Si. The van der Waals surface area contributed by atoms with Crippen molar-refractivity contribution in [3.8, 4) is 0 Å². The molecule has 6 N–H and O–H groups in total. The molecule has 0 heterocycles. The molecule has 9 nitrogen and oxygen atoms in total. The summed E-state index contributed by atoms with van der Waals surface area (Å²) >= 11 is 0. The van der Waals surface area contributed by atoms with Gasteiger partial charge in [-0.2, -0.15) is 0 Å². The van der Waals surface area contributed by atoms with Crippen LogP contribution in [0.1, 0.15) is 52.9 Å². The van der Waals surface area contributed by atoms with E-state index in [9.17, 15) is 0 Å². The van der Waals surface area contributed by atoms with Gasteiger partial charge in [0, 0.05) is 26.3 Å². The van der Waals surface area contributed by atoms with Crippen LogP contribution in [0.4, 0.5) is 0 Å². The van der Waals surface area contributed by atoms with E-state index in [2.05, 4.69) is 0 Å². The average molecular weight is 342 g/mol. The van der Waals surface area contributed by atoms with Gasteiger partial charge < -0.3 is 29.7 Å². The molecule has 0 atom stereocenters. The summed E-state index contributed by atoms with van der Waals surface area (Å²) in [4.78, 5) is 53.7. The Balaban J connectivity index is -0.000000253. The van der Waals surface area contributed by atoms with E-state index in [-0.39, 0.29) is 5.54 Å². The second-order valence-corrected chi connectivity index (χ2v) is 6.77. The standard InChI is InChI=1S/C6H14O3Si.3C2H4O2/c7-10(8,9)6-4-2-1-3-5-6;3*1-2(3)4/h6-9H,1-5H2;3*1H3,(H,3,4). The van der Waals surface area contributed by atoms with Gasteiger partial charge in [-0.1, -0.05) is 19.3 Å². The fourth-order valence-electron chi connectivity index (χ4n) is 1.49. The minimum absolute atomic E-state index is 0.193. The van der Waals surface area contributed by atoms with Gasteiger partial charge in [-0.3, -0.25) is 14.4 Å². The van der Waals surface area contributed by atoms with E-state index < -0.39 is 26.7 Å². The Labute approximate surface area is 130 Å². The second-order valence-electron chi connectivity index (χ2n) is 4.58. The molecule has 0 aromatic rings. The minimum Gasteiger partial charge on any atom is -0.481 e. The van der Waals surface area contributed by atoms with Crippen molar-refractivity contribution in [3.05, 3.63) is 0 Å². The first-order chi connectivity index (χ1) is 9.80. The zero-order chi connectivity index (χ0) is 18.3. The van der Waals surface area contributed by atoms with Crippen LogP contribution in [0.5, 0.6) is 0 Å². The van der Waals surface area contributed by atoms with Crippen LogP contribution in [-0.2, 0) is 14.4 Å². The van der Waals surface area contributed by atoms with Crippen LogP contribution in [0.2, 0.25) is 5.54 Å². The molecule has 1 aliphatic carbocycles. The summed E-state index contributed by atoms with van der Waals surface area (Å²) in [7, 11) is -3.76. The van der Waals surface area contributed by atoms with Crippen molar-refractivity contribution in [2.45, 2.75) is 58.4 Å². The molecule has 0 radical (unpaired) electrons. The Morgan fingerprint density at radius 3 is 1.09 bits per heavy atom. The Hall–Kier alpha value is -1.49. The Morgan fingerprint density at radius 2 is 0.955 bits per heavy atom. The highest BCUT2D eigenvalue weighted by Gasteiger charge is 2.39. The summed E-state index contributed by atoms with van der Waals surface area (Å²) in [6.07, 6.45) is 4.80.